The molecule has 0 aromatic heterocycles. The van der Waals surface area contributed by atoms with E-state index in [0.29, 0.717) is 35.9 Å². The van der Waals surface area contributed by atoms with E-state index < -0.39 is 0 Å². The summed E-state index contributed by atoms with van der Waals surface area (Å²) in [5, 5.41) is 3.67. The molecule has 2 aromatic rings. The zero-order valence-corrected chi connectivity index (χ0v) is 16.2. The number of hydrazine groups is 1. The Morgan fingerprint density at radius 1 is 1.15 bits per heavy atom. The van der Waals surface area contributed by atoms with Crippen LogP contribution in [0.4, 0.5) is 0 Å². The van der Waals surface area contributed by atoms with Gasteiger partial charge in [0.25, 0.3) is 0 Å². The first-order chi connectivity index (χ1) is 13.1. The Labute approximate surface area is 164 Å². The highest BCUT2D eigenvalue weighted by Gasteiger charge is 2.29. The number of hydrogen-bond donors (Lipinski definition) is 3. The van der Waals surface area contributed by atoms with Crippen LogP contribution in [0.5, 0.6) is 11.5 Å². The van der Waals surface area contributed by atoms with Gasteiger partial charge in [0.1, 0.15) is 6.04 Å². The third kappa shape index (κ3) is 4.91. The van der Waals surface area contributed by atoms with Crippen LogP contribution in [0.3, 0.4) is 0 Å². The SMILES string of the molecule is COc1ccc(CCNC(=O)C2CC(c3cccc(Cl)c3)NN2)cc1OC. The molecule has 2 unspecified atom stereocenters. The minimum atomic E-state index is -0.278. The fourth-order valence-corrected chi connectivity index (χ4v) is 3.36. The minimum absolute atomic E-state index is 0.0208. The lowest BCUT2D eigenvalue weighted by Crippen LogP contribution is -2.43. The molecule has 1 aliphatic heterocycles. The van der Waals surface area contributed by atoms with Crippen molar-refractivity contribution in [1.82, 2.24) is 16.2 Å². The van der Waals surface area contributed by atoms with Crippen LogP contribution in [0.15, 0.2) is 42.5 Å². The lowest BCUT2D eigenvalue weighted by Gasteiger charge is -2.12. The maximum Gasteiger partial charge on any atom is 0.238 e. The van der Waals surface area contributed by atoms with Crippen molar-refractivity contribution < 1.29 is 14.3 Å². The highest BCUT2D eigenvalue weighted by atomic mass is 35.5. The first-order valence-corrected chi connectivity index (χ1v) is 9.23. The average Bonchev–Trinajstić information content (AvgIpc) is 3.18. The molecule has 1 amide bonds. The molecule has 2 aromatic carbocycles. The van der Waals surface area contributed by atoms with Crippen molar-refractivity contribution in [3.8, 4) is 11.5 Å². The number of amides is 1. The molecular weight excluding hydrogens is 366 g/mol. The normalized spacial score (nSPS) is 18.9. The van der Waals surface area contributed by atoms with Gasteiger partial charge in [-0.1, -0.05) is 29.8 Å². The number of hydrogen-bond acceptors (Lipinski definition) is 5. The largest absolute Gasteiger partial charge is 0.493 e. The summed E-state index contributed by atoms with van der Waals surface area (Å²) in [7, 11) is 3.22. The van der Waals surface area contributed by atoms with E-state index in [1.54, 1.807) is 14.2 Å². The lowest BCUT2D eigenvalue weighted by molar-refractivity contribution is -0.122. The summed E-state index contributed by atoms with van der Waals surface area (Å²) in [4.78, 5) is 12.4. The molecule has 3 N–H and O–H groups in total. The van der Waals surface area contributed by atoms with Gasteiger partial charge in [-0.3, -0.25) is 4.79 Å². The van der Waals surface area contributed by atoms with Crippen molar-refractivity contribution in [2.75, 3.05) is 20.8 Å². The molecule has 2 atom stereocenters. The number of ether oxygens (including phenoxy) is 2. The summed E-state index contributed by atoms with van der Waals surface area (Å²) in [6.45, 7) is 0.550. The standard InChI is InChI=1S/C20H24ClN3O3/c1-26-18-7-6-13(10-19(18)27-2)8-9-22-20(25)17-12-16(23-24-17)14-4-3-5-15(21)11-14/h3-7,10-11,16-17,23-24H,8-9,12H2,1-2H3,(H,22,25). The predicted molar refractivity (Wildman–Crippen MR) is 105 cm³/mol. The molecule has 6 nitrogen and oxygen atoms in total. The maximum absolute atomic E-state index is 12.4. The van der Waals surface area contributed by atoms with Crippen LogP contribution in [-0.2, 0) is 11.2 Å². The molecule has 0 aliphatic carbocycles. The van der Waals surface area contributed by atoms with Gasteiger partial charge in [0, 0.05) is 17.6 Å². The summed E-state index contributed by atoms with van der Waals surface area (Å²) < 4.78 is 10.5. The van der Waals surface area contributed by atoms with Crippen molar-refractivity contribution in [1.29, 1.82) is 0 Å². The molecule has 1 fully saturated rings. The number of benzene rings is 2. The van der Waals surface area contributed by atoms with Gasteiger partial charge in [-0.2, -0.15) is 0 Å². The monoisotopic (exact) mass is 389 g/mol. The van der Waals surface area contributed by atoms with Gasteiger partial charge < -0.3 is 14.8 Å². The van der Waals surface area contributed by atoms with Crippen LogP contribution in [0, 0.1) is 0 Å². The molecule has 1 aliphatic rings. The van der Waals surface area contributed by atoms with Gasteiger partial charge in [0.15, 0.2) is 11.5 Å². The van der Waals surface area contributed by atoms with E-state index in [2.05, 4.69) is 16.2 Å². The van der Waals surface area contributed by atoms with Crippen LogP contribution in [0.2, 0.25) is 5.02 Å². The van der Waals surface area contributed by atoms with Crippen molar-refractivity contribution in [3.63, 3.8) is 0 Å². The van der Waals surface area contributed by atoms with Crippen molar-refractivity contribution >= 4 is 17.5 Å². The summed E-state index contributed by atoms with van der Waals surface area (Å²) in [6, 6.07) is 13.2. The van der Waals surface area contributed by atoms with E-state index in [1.165, 1.54) is 0 Å². The molecule has 144 valence electrons. The molecular formula is C20H24ClN3O3. The van der Waals surface area contributed by atoms with Crippen LogP contribution >= 0.6 is 11.6 Å². The molecule has 1 saturated heterocycles. The van der Waals surface area contributed by atoms with Gasteiger partial charge >= 0.3 is 0 Å². The molecule has 27 heavy (non-hydrogen) atoms. The fraction of sp³-hybridized carbons (Fsp3) is 0.350. The van der Waals surface area contributed by atoms with Gasteiger partial charge in [0.05, 0.1) is 14.2 Å². The van der Waals surface area contributed by atoms with E-state index in [-0.39, 0.29) is 18.0 Å². The van der Waals surface area contributed by atoms with E-state index >= 15 is 0 Å². The Hall–Kier alpha value is -2.28. The van der Waals surface area contributed by atoms with E-state index in [1.807, 2.05) is 42.5 Å². The second-order valence-corrected chi connectivity index (χ2v) is 6.85. The molecule has 7 heteroatoms. The summed E-state index contributed by atoms with van der Waals surface area (Å²) in [6.07, 6.45) is 1.38. The molecule has 1 heterocycles. The van der Waals surface area contributed by atoms with Crippen molar-refractivity contribution in [2.45, 2.75) is 24.9 Å². The van der Waals surface area contributed by atoms with Crippen LogP contribution in [-0.4, -0.2) is 32.7 Å². The Bertz CT molecular complexity index is 800. The Morgan fingerprint density at radius 3 is 2.70 bits per heavy atom. The smallest absolute Gasteiger partial charge is 0.238 e. The van der Waals surface area contributed by atoms with E-state index in [0.717, 1.165) is 11.1 Å². The van der Waals surface area contributed by atoms with E-state index in [4.69, 9.17) is 21.1 Å². The number of nitrogens with one attached hydrogen (secondary N) is 3. The lowest BCUT2D eigenvalue weighted by atomic mass is 10.0. The molecule has 0 radical (unpaired) electrons. The van der Waals surface area contributed by atoms with Gasteiger partial charge in [-0.05, 0) is 48.2 Å². The van der Waals surface area contributed by atoms with Gasteiger partial charge in [-0.25, -0.2) is 10.9 Å². The van der Waals surface area contributed by atoms with Crippen molar-refractivity contribution in [2.24, 2.45) is 0 Å². The maximum atomic E-state index is 12.4. The summed E-state index contributed by atoms with van der Waals surface area (Å²) in [5.74, 6) is 1.36. The third-order valence-corrected chi connectivity index (χ3v) is 4.87. The zero-order valence-electron chi connectivity index (χ0n) is 15.4. The number of carbonyl (C=O) groups is 1. The van der Waals surface area contributed by atoms with Gasteiger partial charge in [-0.15, -0.1) is 0 Å². The quantitative estimate of drug-likeness (QED) is 0.679. The topological polar surface area (TPSA) is 71.6 Å². The number of carbonyl (C=O) groups excluding carboxylic acids is 1. The number of methoxy groups -OCH3 is 2. The Kier molecular flexibility index (Phi) is 6.55. The minimum Gasteiger partial charge on any atom is -0.493 e. The molecule has 3 rings (SSSR count). The average molecular weight is 390 g/mol. The Morgan fingerprint density at radius 2 is 1.96 bits per heavy atom. The first-order valence-electron chi connectivity index (χ1n) is 8.86. The summed E-state index contributed by atoms with van der Waals surface area (Å²) >= 11 is 6.05. The summed E-state index contributed by atoms with van der Waals surface area (Å²) in [5.41, 5.74) is 8.37. The van der Waals surface area contributed by atoms with Crippen LogP contribution in [0.25, 0.3) is 0 Å². The molecule has 0 spiro atoms. The second kappa shape index (κ2) is 9.08. The van der Waals surface area contributed by atoms with E-state index in [9.17, 15) is 4.79 Å². The molecule has 0 bridgehead atoms. The first kappa shape index (κ1) is 19.5. The number of rotatable bonds is 7. The van der Waals surface area contributed by atoms with Crippen LogP contribution < -0.4 is 25.6 Å². The highest BCUT2D eigenvalue weighted by Crippen LogP contribution is 2.27. The highest BCUT2D eigenvalue weighted by molar-refractivity contribution is 6.30. The van der Waals surface area contributed by atoms with Crippen LogP contribution in [0.1, 0.15) is 23.6 Å². The third-order valence-electron chi connectivity index (χ3n) is 4.63. The predicted octanol–water partition coefficient (Wildman–Crippen LogP) is 2.62. The second-order valence-electron chi connectivity index (χ2n) is 6.41. The van der Waals surface area contributed by atoms with Crippen molar-refractivity contribution in [3.05, 3.63) is 58.6 Å². The van der Waals surface area contributed by atoms with Gasteiger partial charge in [0.2, 0.25) is 5.91 Å². The fourth-order valence-electron chi connectivity index (χ4n) is 3.16. The Balaban J connectivity index is 1.49. The number of halogens is 1. The molecule has 0 saturated carbocycles. The zero-order chi connectivity index (χ0) is 19.2.